The highest BCUT2D eigenvalue weighted by molar-refractivity contribution is 5.44. The Hall–Kier alpha value is -2.28. The molecule has 0 aliphatic carbocycles. The van der Waals surface area contributed by atoms with Gasteiger partial charge < -0.3 is 29.1 Å². The Bertz CT molecular complexity index is 851. The Kier molecular flexibility index (Phi) is 7.33. The lowest BCUT2D eigenvalue weighted by molar-refractivity contribution is -1.02. The maximum Gasteiger partial charge on any atom is 0.231 e. The first-order valence-electron chi connectivity index (χ1n) is 11.6. The molecule has 6 heteroatoms. The van der Waals surface area contributed by atoms with Gasteiger partial charge in [-0.1, -0.05) is 32.0 Å². The zero-order valence-electron chi connectivity index (χ0n) is 18.7. The van der Waals surface area contributed by atoms with E-state index in [1.807, 2.05) is 18.2 Å². The van der Waals surface area contributed by atoms with Crippen LogP contribution in [0.3, 0.4) is 0 Å². The number of rotatable bonds is 9. The van der Waals surface area contributed by atoms with Gasteiger partial charge in [0.1, 0.15) is 57.7 Å². The molecule has 2 aromatic rings. The van der Waals surface area contributed by atoms with Gasteiger partial charge in [-0.3, -0.25) is 0 Å². The van der Waals surface area contributed by atoms with E-state index in [-0.39, 0.29) is 0 Å². The van der Waals surface area contributed by atoms with Crippen LogP contribution in [0.15, 0.2) is 42.5 Å². The van der Waals surface area contributed by atoms with Gasteiger partial charge in [0.2, 0.25) is 6.79 Å². The van der Waals surface area contributed by atoms with E-state index in [1.54, 1.807) is 4.90 Å². The smallest absolute Gasteiger partial charge is 0.231 e. The summed E-state index contributed by atoms with van der Waals surface area (Å²) in [6.07, 6.45) is 0.627. The molecule has 3 N–H and O–H groups in total. The number of hydrogen-bond donors (Lipinski definition) is 3. The van der Waals surface area contributed by atoms with E-state index in [0.29, 0.717) is 19.3 Å². The summed E-state index contributed by atoms with van der Waals surface area (Å²) in [6, 6.07) is 14.4. The number of fused-ring (bicyclic) bond motifs is 1. The average molecular weight is 429 g/mol. The Labute approximate surface area is 185 Å². The predicted octanol–water partition coefficient (Wildman–Crippen LogP) is 0.652. The first kappa shape index (κ1) is 21.9. The number of ether oxygens (including phenoxy) is 3. The number of piperazine rings is 1. The molecule has 2 aromatic carbocycles. The van der Waals surface area contributed by atoms with Crippen molar-refractivity contribution >= 4 is 0 Å². The summed E-state index contributed by atoms with van der Waals surface area (Å²) in [7, 11) is 0. The zero-order valence-corrected chi connectivity index (χ0v) is 18.7. The molecule has 0 unspecified atom stereocenters. The molecule has 0 radical (unpaired) electrons. The van der Waals surface area contributed by atoms with Crippen LogP contribution in [0.4, 0.5) is 0 Å². The molecule has 2 aliphatic heterocycles. The molecule has 2 aliphatic rings. The molecule has 6 nitrogen and oxygen atoms in total. The Balaban J connectivity index is 1.20. The normalized spacial score (nSPS) is 22.2. The minimum absolute atomic E-state index is 0.322. The number of aliphatic hydroxyl groups excluding tert-OH is 1. The van der Waals surface area contributed by atoms with Crippen LogP contribution in [-0.4, -0.2) is 57.3 Å². The van der Waals surface area contributed by atoms with E-state index in [0.717, 1.165) is 62.9 Å². The third kappa shape index (κ3) is 5.70. The minimum Gasteiger partial charge on any atom is -0.490 e. The van der Waals surface area contributed by atoms with Crippen molar-refractivity contribution in [2.45, 2.75) is 38.8 Å². The average Bonchev–Trinajstić information content (AvgIpc) is 3.26. The van der Waals surface area contributed by atoms with Crippen LogP contribution in [0, 0.1) is 0 Å². The SMILES string of the molecule is CC[C@@H](C)c1ccccc1OC[C@@H](O)C[NH+]1CC[NH+](Cc2ccc3c(c2)OCO3)CC1. The zero-order chi connectivity index (χ0) is 21.6. The van der Waals surface area contributed by atoms with Crippen LogP contribution in [0.5, 0.6) is 17.2 Å². The number of aliphatic hydroxyl groups is 1. The molecule has 31 heavy (non-hydrogen) atoms. The molecule has 1 fully saturated rings. The van der Waals surface area contributed by atoms with Crippen molar-refractivity contribution in [1.29, 1.82) is 0 Å². The molecule has 168 valence electrons. The largest absolute Gasteiger partial charge is 0.490 e. The third-order valence-electron chi connectivity index (χ3n) is 6.57. The van der Waals surface area contributed by atoms with Crippen molar-refractivity contribution < 1.29 is 29.1 Å². The molecular weight excluding hydrogens is 392 g/mol. The van der Waals surface area contributed by atoms with Gasteiger partial charge in [0.05, 0.1) is 0 Å². The summed E-state index contributed by atoms with van der Waals surface area (Å²) in [4.78, 5) is 3.04. The summed E-state index contributed by atoms with van der Waals surface area (Å²) >= 11 is 0. The van der Waals surface area contributed by atoms with E-state index >= 15 is 0 Å². The van der Waals surface area contributed by atoms with Crippen molar-refractivity contribution in [3.8, 4) is 17.2 Å². The van der Waals surface area contributed by atoms with E-state index in [9.17, 15) is 5.11 Å². The fourth-order valence-electron chi connectivity index (χ4n) is 4.49. The van der Waals surface area contributed by atoms with Gasteiger partial charge in [-0.25, -0.2) is 0 Å². The molecule has 2 atom stereocenters. The predicted molar refractivity (Wildman–Crippen MR) is 119 cm³/mol. The highest BCUT2D eigenvalue weighted by Gasteiger charge is 2.26. The maximum atomic E-state index is 10.6. The van der Waals surface area contributed by atoms with Crippen molar-refractivity contribution in [1.82, 2.24) is 0 Å². The molecule has 0 spiro atoms. The van der Waals surface area contributed by atoms with Crippen LogP contribution >= 0.6 is 0 Å². The molecule has 1 saturated heterocycles. The molecule has 0 saturated carbocycles. The van der Waals surface area contributed by atoms with Crippen LogP contribution < -0.4 is 24.0 Å². The van der Waals surface area contributed by atoms with E-state index in [1.165, 1.54) is 16.0 Å². The molecular formula is C25H36N2O4+2. The number of hydrogen-bond acceptors (Lipinski definition) is 4. The van der Waals surface area contributed by atoms with Crippen LogP contribution in [0.2, 0.25) is 0 Å². The van der Waals surface area contributed by atoms with Gasteiger partial charge in [-0.2, -0.15) is 0 Å². The maximum absolute atomic E-state index is 10.6. The second kappa shape index (κ2) is 10.4. The summed E-state index contributed by atoms with van der Waals surface area (Å²) in [5.41, 5.74) is 2.52. The van der Waals surface area contributed by atoms with Crippen molar-refractivity contribution in [2.24, 2.45) is 0 Å². The van der Waals surface area contributed by atoms with Gasteiger partial charge in [0.25, 0.3) is 0 Å². The molecule has 0 amide bonds. The summed E-state index contributed by atoms with van der Waals surface area (Å²) in [5, 5.41) is 10.6. The summed E-state index contributed by atoms with van der Waals surface area (Å²) < 4.78 is 16.9. The fraction of sp³-hybridized carbons (Fsp3) is 0.520. The molecule has 0 bridgehead atoms. The summed E-state index contributed by atoms with van der Waals surface area (Å²) in [5.74, 6) is 3.07. The highest BCUT2D eigenvalue weighted by Crippen LogP contribution is 2.32. The lowest BCUT2D eigenvalue weighted by atomic mass is 9.98. The van der Waals surface area contributed by atoms with E-state index in [4.69, 9.17) is 14.2 Å². The Morgan fingerprint density at radius 2 is 1.74 bits per heavy atom. The molecule has 0 aromatic heterocycles. The van der Waals surface area contributed by atoms with Crippen LogP contribution in [0.25, 0.3) is 0 Å². The number of benzene rings is 2. The Morgan fingerprint density at radius 3 is 2.55 bits per heavy atom. The topological polar surface area (TPSA) is 56.8 Å². The van der Waals surface area contributed by atoms with Crippen molar-refractivity contribution in [3.63, 3.8) is 0 Å². The second-order valence-corrected chi connectivity index (χ2v) is 8.88. The lowest BCUT2D eigenvalue weighted by Gasteiger charge is -2.31. The first-order chi connectivity index (χ1) is 15.1. The summed E-state index contributed by atoms with van der Waals surface area (Å²) in [6.45, 7) is 11.2. The fourth-order valence-corrected chi connectivity index (χ4v) is 4.49. The van der Waals surface area contributed by atoms with Gasteiger partial charge in [-0.05, 0) is 42.2 Å². The third-order valence-corrected chi connectivity index (χ3v) is 6.57. The van der Waals surface area contributed by atoms with Gasteiger partial charge in [0, 0.05) is 5.56 Å². The number of nitrogens with one attached hydrogen (secondary N) is 2. The van der Waals surface area contributed by atoms with Crippen molar-refractivity contribution in [2.75, 3.05) is 46.1 Å². The number of para-hydroxylation sites is 1. The highest BCUT2D eigenvalue weighted by atomic mass is 16.7. The lowest BCUT2D eigenvalue weighted by Crippen LogP contribution is -3.28. The monoisotopic (exact) mass is 428 g/mol. The van der Waals surface area contributed by atoms with Crippen LogP contribution in [0.1, 0.15) is 37.3 Å². The van der Waals surface area contributed by atoms with E-state index < -0.39 is 6.10 Å². The van der Waals surface area contributed by atoms with Crippen molar-refractivity contribution in [3.05, 3.63) is 53.6 Å². The number of quaternary nitrogens is 2. The quantitative estimate of drug-likeness (QED) is 0.549. The van der Waals surface area contributed by atoms with Gasteiger partial charge >= 0.3 is 0 Å². The van der Waals surface area contributed by atoms with Gasteiger partial charge in [0.15, 0.2) is 11.5 Å². The van der Waals surface area contributed by atoms with Gasteiger partial charge in [-0.15, -0.1) is 0 Å². The second-order valence-electron chi connectivity index (χ2n) is 8.88. The van der Waals surface area contributed by atoms with Crippen LogP contribution in [-0.2, 0) is 6.54 Å². The molecule has 4 rings (SSSR count). The minimum atomic E-state index is -0.449. The van der Waals surface area contributed by atoms with E-state index in [2.05, 4.69) is 38.1 Å². The standard InChI is InChI=1S/C25H34N2O4/c1-3-19(2)22-6-4-5-7-23(22)29-17-21(28)16-27-12-10-26(11-13-27)15-20-8-9-24-25(14-20)31-18-30-24/h4-9,14,19,21,28H,3,10-13,15-18H2,1-2H3/p+2/t19-,21+/m1/s1. The first-order valence-corrected chi connectivity index (χ1v) is 11.6. The molecule has 2 heterocycles. The Morgan fingerprint density at radius 1 is 1.00 bits per heavy atom.